The molecule has 1 fully saturated rings. The summed E-state index contributed by atoms with van der Waals surface area (Å²) >= 11 is 11.5. The molecule has 2 aromatic rings. The van der Waals surface area contributed by atoms with Crippen molar-refractivity contribution >= 4 is 40.9 Å². The lowest BCUT2D eigenvalue weighted by atomic mass is 10.1. The number of hydrogen-bond donors (Lipinski definition) is 1. The molecule has 3 rings (SSSR count). The molecule has 0 atom stereocenters. The Hall–Kier alpha value is -2.57. The monoisotopic (exact) mass is 388 g/mol. The Kier molecular flexibility index (Phi) is 5.44. The number of carbonyl (C=O) groups excluding carboxylic acids is 1. The van der Waals surface area contributed by atoms with E-state index in [2.05, 4.69) is 5.32 Å². The Bertz CT molecular complexity index is 898. The predicted molar refractivity (Wildman–Crippen MR) is 105 cm³/mol. The van der Waals surface area contributed by atoms with Crippen LogP contribution in [0.5, 0.6) is 11.5 Å². The largest absolute Gasteiger partial charge is 0.493 e. The van der Waals surface area contributed by atoms with Crippen LogP contribution in [0.15, 0.2) is 48.2 Å². The maximum atomic E-state index is 12.7. The summed E-state index contributed by atoms with van der Waals surface area (Å²) < 4.78 is 10.5. The zero-order valence-corrected chi connectivity index (χ0v) is 15.9. The number of hydrogen-bond acceptors (Lipinski definition) is 4. The van der Waals surface area contributed by atoms with Gasteiger partial charge in [0.15, 0.2) is 16.6 Å². The molecule has 26 heavy (non-hydrogen) atoms. The summed E-state index contributed by atoms with van der Waals surface area (Å²) in [5.74, 6) is 1.00. The van der Waals surface area contributed by atoms with E-state index in [-0.39, 0.29) is 5.91 Å². The van der Waals surface area contributed by atoms with Gasteiger partial charge in [-0.25, -0.2) is 0 Å². The summed E-state index contributed by atoms with van der Waals surface area (Å²) in [6.07, 6.45) is 1.73. The minimum Gasteiger partial charge on any atom is -0.493 e. The van der Waals surface area contributed by atoms with Gasteiger partial charge in [-0.2, -0.15) is 0 Å². The summed E-state index contributed by atoms with van der Waals surface area (Å²) in [7, 11) is 3.14. The third kappa shape index (κ3) is 3.66. The first kappa shape index (κ1) is 18.2. The van der Waals surface area contributed by atoms with Crippen LogP contribution in [0.4, 0.5) is 0 Å². The number of carbonyl (C=O) groups is 1. The molecule has 134 valence electrons. The molecule has 0 aliphatic carbocycles. The van der Waals surface area contributed by atoms with Crippen LogP contribution in [0.2, 0.25) is 5.02 Å². The molecule has 5 nitrogen and oxygen atoms in total. The molecule has 1 heterocycles. The van der Waals surface area contributed by atoms with Crippen molar-refractivity contribution in [3.63, 3.8) is 0 Å². The highest BCUT2D eigenvalue weighted by Gasteiger charge is 2.31. The lowest BCUT2D eigenvalue weighted by Gasteiger charge is -2.14. The quantitative estimate of drug-likeness (QED) is 0.626. The van der Waals surface area contributed by atoms with Crippen molar-refractivity contribution in [1.82, 2.24) is 10.2 Å². The molecule has 1 aliphatic heterocycles. The van der Waals surface area contributed by atoms with Gasteiger partial charge in [0.1, 0.15) is 5.70 Å². The van der Waals surface area contributed by atoms with Gasteiger partial charge in [0, 0.05) is 5.02 Å². The van der Waals surface area contributed by atoms with Crippen molar-refractivity contribution in [2.75, 3.05) is 14.2 Å². The SMILES string of the molecule is COc1ccc(/C=C2\NC(=S)N(Cc3ccccc3Cl)C2=O)cc1OC. The topological polar surface area (TPSA) is 50.8 Å². The summed E-state index contributed by atoms with van der Waals surface area (Å²) in [5.41, 5.74) is 2.02. The highest BCUT2D eigenvalue weighted by molar-refractivity contribution is 7.80. The molecule has 0 radical (unpaired) electrons. The number of amides is 1. The van der Waals surface area contributed by atoms with Crippen LogP contribution in [0.1, 0.15) is 11.1 Å². The summed E-state index contributed by atoms with van der Waals surface area (Å²) in [6.45, 7) is 0.313. The van der Waals surface area contributed by atoms with Gasteiger partial charge in [0.2, 0.25) is 0 Å². The maximum absolute atomic E-state index is 12.7. The average Bonchev–Trinajstić information content (AvgIpc) is 2.90. The van der Waals surface area contributed by atoms with Crippen molar-refractivity contribution in [2.45, 2.75) is 6.54 Å². The van der Waals surface area contributed by atoms with Gasteiger partial charge in [0.05, 0.1) is 20.8 Å². The fourth-order valence-corrected chi connectivity index (χ4v) is 3.07. The Morgan fingerprint density at radius 2 is 1.88 bits per heavy atom. The van der Waals surface area contributed by atoms with E-state index in [1.165, 1.54) is 4.90 Å². The van der Waals surface area contributed by atoms with Crippen LogP contribution in [0.3, 0.4) is 0 Å². The first-order valence-corrected chi connectivity index (χ1v) is 8.62. The molecule has 0 unspecified atom stereocenters. The number of methoxy groups -OCH3 is 2. The highest BCUT2D eigenvalue weighted by atomic mass is 35.5. The molecule has 0 bridgehead atoms. The number of thiocarbonyl (C=S) groups is 1. The third-order valence-electron chi connectivity index (χ3n) is 3.97. The first-order chi connectivity index (χ1) is 12.5. The Labute approximate surface area is 162 Å². The van der Waals surface area contributed by atoms with E-state index in [4.69, 9.17) is 33.3 Å². The van der Waals surface area contributed by atoms with Crippen molar-refractivity contribution in [2.24, 2.45) is 0 Å². The number of halogens is 1. The number of benzene rings is 2. The van der Waals surface area contributed by atoms with E-state index in [1.54, 1.807) is 38.5 Å². The summed E-state index contributed by atoms with van der Waals surface area (Å²) in [5, 5.41) is 3.91. The third-order valence-corrected chi connectivity index (χ3v) is 4.66. The molecule has 1 N–H and O–H groups in total. The number of rotatable bonds is 5. The second kappa shape index (κ2) is 7.76. The Balaban J connectivity index is 1.84. The molecule has 1 saturated heterocycles. The average molecular weight is 389 g/mol. The molecule has 7 heteroatoms. The zero-order chi connectivity index (χ0) is 18.7. The predicted octanol–water partition coefficient (Wildman–Crippen LogP) is 3.62. The molecular weight excluding hydrogens is 372 g/mol. The van der Waals surface area contributed by atoms with Crippen LogP contribution in [-0.2, 0) is 11.3 Å². The fourth-order valence-electron chi connectivity index (χ4n) is 2.62. The molecule has 2 aromatic carbocycles. The van der Waals surface area contributed by atoms with Crippen molar-refractivity contribution in [3.8, 4) is 11.5 Å². The van der Waals surface area contributed by atoms with Gasteiger partial charge >= 0.3 is 0 Å². The number of nitrogens with one attached hydrogen (secondary N) is 1. The van der Waals surface area contributed by atoms with Gasteiger partial charge in [-0.3, -0.25) is 9.69 Å². The smallest absolute Gasteiger partial charge is 0.276 e. The number of ether oxygens (including phenoxy) is 2. The normalized spacial score (nSPS) is 15.3. The van der Waals surface area contributed by atoms with Crippen molar-refractivity contribution < 1.29 is 14.3 Å². The van der Waals surface area contributed by atoms with E-state index in [0.29, 0.717) is 33.9 Å². The van der Waals surface area contributed by atoms with Crippen molar-refractivity contribution in [1.29, 1.82) is 0 Å². The van der Waals surface area contributed by atoms with E-state index in [9.17, 15) is 4.79 Å². The maximum Gasteiger partial charge on any atom is 0.276 e. The minimum atomic E-state index is -0.204. The first-order valence-electron chi connectivity index (χ1n) is 7.83. The lowest BCUT2D eigenvalue weighted by molar-refractivity contribution is -0.122. The summed E-state index contributed by atoms with van der Waals surface area (Å²) in [4.78, 5) is 14.2. The van der Waals surface area contributed by atoms with Crippen molar-refractivity contribution in [3.05, 3.63) is 64.3 Å². The molecule has 0 aromatic heterocycles. The summed E-state index contributed by atoms with van der Waals surface area (Å²) in [6, 6.07) is 12.8. The fraction of sp³-hybridized carbons (Fsp3) is 0.158. The van der Waals surface area contributed by atoms with E-state index in [0.717, 1.165) is 11.1 Å². The molecule has 1 amide bonds. The molecule has 1 aliphatic rings. The zero-order valence-electron chi connectivity index (χ0n) is 14.3. The Morgan fingerprint density at radius 1 is 1.15 bits per heavy atom. The standard InChI is InChI=1S/C19H17ClN2O3S/c1-24-16-8-7-12(10-17(16)25-2)9-15-18(23)22(19(26)21-15)11-13-5-3-4-6-14(13)20/h3-10H,11H2,1-2H3,(H,21,26)/b15-9-. The minimum absolute atomic E-state index is 0.204. The van der Waals surface area contributed by atoms with Crippen LogP contribution < -0.4 is 14.8 Å². The van der Waals surface area contributed by atoms with Gasteiger partial charge in [-0.05, 0) is 47.6 Å². The number of nitrogens with zero attached hydrogens (tertiary/aromatic N) is 1. The molecular formula is C19H17ClN2O3S. The second-order valence-corrected chi connectivity index (χ2v) is 6.38. The van der Waals surface area contributed by atoms with Crippen LogP contribution >= 0.6 is 23.8 Å². The van der Waals surface area contributed by atoms with Gasteiger partial charge in [-0.15, -0.1) is 0 Å². The van der Waals surface area contributed by atoms with Gasteiger partial charge < -0.3 is 14.8 Å². The van der Waals surface area contributed by atoms with Crippen LogP contribution in [-0.4, -0.2) is 30.1 Å². The van der Waals surface area contributed by atoms with Gasteiger partial charge in [-0.1, -0.05) is 35.9 Å². The van der Waals surface area contributed by atoms with E-state index >= 15 is 0 Å². The second-order valence-electron chi connectivity index (χ2n) is 5.59. The molecule has 0 spiro atoms. The molecule has 0 saturated carbocycles. The van der Waals surface area contributed by atoms with Crippen LogP contribution in [0.25, 0.3) is 6.08 Å². The van der Waals surface area contributed by atoms with E-state index in [1.807, 2.05) is 24.3 Å². The van der Waals surface area contributed by atoms with Gasteiger partial charge in [0.25, 0.3) is 5.91 Å². The van der Waals surface area contributed by atoms with Crippen LogP contribution in [0, 0.1) is 0 Å². The lowest BCUT2D eigenvalue weighted by Crippen LogP contribution is -2.30. The Morgan fingerprint density at radius 3 is 2.58 bits per heavy atom. The highest BCUT2D eigenvalue weighted by Crippen LogP contribution is 2.29. The van der Waals surface area contributed by atoms with E-state index < -0.39 is 0 Å².